The molecule has 0 saturated carbocycles. The summed E-state index contributed by atoms with van der Waals surface area (Å²) in [5.41, 5.74) is 6.77. The van der Waals surface area contributed by atoms with E-state index in [2.05, 4.69) is 20.0 Å². The number of hydrogen-bond acceptors (Lipinski definition) is 5. The molecule has 1 aromatic heterocycles. The lowest BCUT2D eigenvalue weighted by molar-refractivity contribution is 0.100. The van der Waals surface area contributed by atoms with Gasteiger partial charge in [-0.15, -0.1) is 0 Å². The lowest BCUT2D eigenvalue weighted by atomic mass is 10.1. The molecule has 3 N–H and O–H groups in total. The number of primary amides is 1. The highest BCUT2D eigenvalue weighted by atomic mass is 16.5. The monoisotopic (exact) mass is 246 g/mol. The number of carbonyl (C=O) groups excluding carboxylic acids is 1. The maximum atomic E-state index is 10.9. The number of carbonyl (C=O) groups is 1. The number of benzene rings is 1. The number of amides is 1. The van der Waals surface area contributed by atoms with Gasteiger partial charge in [-0.25, -0.2) is 0 Å². The SMILES string of the molecule is NC(=O)c1ccc(CNCCc2ncon2)cc1. The molecule has 0 aliphatic heterocycles. The average Bonchev–Trinajstić information content (AvgIpc) is 2.88. The fourth-order valence-electron chi connectivity index (χ4n) is 1.52. The smallest absolute Gasteiger partial charge is 0.248 e. The third-order valence-corrected chi connectivity index (χ3v) is 2.50. The Morgan fingerprint density at radius 3 is 2.72 bits per heavy atom. The second-order valence-corrected chi connectivity index (χ2v) is 3.84. The Morgan fingerprint density at radius 2 is 2.11 bits per heavy atom. The minimum atomic E-state index is -0.411. The van der Waals surface area contributed by atoms with E-state index in [0.29, 0.717) is 11.4 Å². The van der Waals surface area contributed by atoms with Gasteiger partial charge in [-0.2, -0.15) is 4.98 Å². The second-order valence-electron chi connectivity index (χ2n) is 3.84. The molecule has 2 rings (SSSR count). The molecule has 0 spiro atoms. The van der Waals surface area contributed by atoms with E-state index in [1.807, 2.05) is 12.1 Å². The van der Waals surface area contributed by atoms with E-state index in [4.69, 9.17) is 5.73 Å². The van der Waals surface area contributed by atoms with Crippen LogP contribution >= 0.6 is 0 Å². The van der Waals surface area contributed by atoms with E-state index in [0.717, 1.165) is 25.1 Å². The third kappa shape index (κ3) is 3.39. The topological polar surface area (TPSA) is 94.0 Å². The fraction of sp³-hybridized carbons (Fsp3) is 0.250. The van der Waals surface area contributed by atoms with Crippen LogP contribution < -0.4 is 11.1 Å². The Labute approximate surface area is 104 Å². The van der Waals surface area contributed by atoms with E-state index < -0.39 is 5.91 Å². The zero-order valence-corrected chi connectivity index (χ0v) is 9.80. The lowest BCUT2D eigenvalue weighted by Crippen LogP contribution is -2.17. The van der Waals surface area contributed by atoms with Crippen LogP contribution in [0.4, 0.5) is 0 Å². The van der Waals surface area contributed by atoms with Gasteiger partial charge in [0.2, 0.25) is 12.3 Å². The van der Waals surface area contributed by atoms with E-state index in [1.165, 1.54) is 6.39 Å². The van der Waals surface area contributed by atoms with Crippen molar-refractivity contribution < 1.29 is 9.32 Å². The Kier molecular flexibility index (Phi) is 4.03. The molecule has 0 atom stereocenters. The van der Waals surface area contributed by atoms with Crippen molar-refractivity contribution in [2.45, 2.75) is 13.0 Å². The molecule has 0 unspecified atom stereocenters. The highest BCUT2D eigenvalue weighted by molar-refractivity contribution is 5.92. The quantitative estimate of drug-likeness (QED) is 0.724. The van der Waals surface area contributed by atoms with Crippen molar-refractivity contribution in [2.75, 3.05) is 6.54 Å². The van der Waals surface area contributed by atoms with Gasteiger partial charge in [0.25, 0.3) is 0 Å². The molecule has 0 aliphatic rings. The maximum Gasteiger partial charge on any atom is 0.248 e. The van der Waals surface area contributed by atoms with Gasteiger partial charge in [0.15, 0.2) is 5.82 Å². The molecule has 1 amide bonds. The number of rotatable bonds is 6. The summed E-state index contributed by atoms with van der Waals surface area (Å²) in [6.07, 6.45) is 2.04. The van der Waals surface area contributed by atoms with Crippen LogP contribution in [0, 0.1) is 0 Å². The van der Waals surface area contributed by atoms with Crippen LogP contribution in [0.1, 0.15) is 21.7 Å². The van der Waals surface area contributed by atoms with E-state index in [9.17, 15) is 4.79 Å². The van der Waals surface area contributed by atoms with Gasteiger partial charge in [-0.3, -0.25) is 4.79 Å². The molecule has 0 bridgehead atoms. The van der Waals surface area contributed by atoms with Gasteiger partial charge in [0, 0.05) is 25.1 Å². The second kappa shape index (κ2) is 5.92. The van der Waals surface area contributed by atoms with Crippen molar-refractivity contribution in [1.82, 2.24) is 15.5 Å². The molecule has 6 nitrogen and oxygen atoms in total. The number of nitrogens with one attached hydrogen (secondary N) is 1. The summed E-state index contributed by atoms with van der Waals surface area (Å²) in [4.78, 5) is 14.8. The predicted molar refractivity (Wildman–Crippen MR) is 64.7 cm³/mol. The van der Waals surface area contributed by atoms with E-state index in [1.54, 1.807) is 12.1 Å². The first-order valence-electron chi connectivity index (χ1n) is 5.60. The molecule has 18 heavy (non-hydrogen) atoms. The summed E-state index contributed by atoms with van der Waals surface area (Å²) in [7, 11) is 0. The normalized spacial score (nSPS) is 10.4. The van der Waals surface area contributed by atoms with Gasteiger partial charge >= 0.3 is 0 Å². The Hall–Kier alpha value is -2.21. The average molecular weight is 246 g/mol. The molecule has 94 valence electrons. The zero-order valence-electron chi connectivity index (χ0n) is 9.80. The third-order valence-electron chi connectivity index (χ3n) is 2.50. The number of nitrogens with two attached hydrogens (primary N) is 1. The Balaban J connectivity index is 1.75. The van der Waals surface area contributed by atoms with Crippen LogP contribution in [0.25, 0.3) is 0 Å². The van der Waals surface area contributed by atoms with E-state index in [-0.39, 0.29) is 0 Å². The van der Waals surface area contributed by atoms with Gasteiger partial charge in [-0.05, 0) is 17.7 Å². The van der Waals surface area contributed by atoms with Gasteiger partial charge in [-0.1, -0.05) is 17.3 Å². The molecular formula is C12H14N4O2. The Morgan fingerprint density at radius 1 is 1.33 bits per heavy atom. The molecule has 2 aromatic rings. The molecule has 0 aliphatic carbocycles. The highest BCUT2D eigenvalue weighted by Crippen LogP contribution is 2.03. The lowest BCUT2D eigenvalue weighted by Gasteiger charge is -2.04. The summed E-state index contributed by atoms with van der Waals surface area (Å²) in [5, 5.41) is 6.97. The predicted octanol–water partition coefficient (Wildman–Crippen LogP) is 0.501. The van der Waals surface area contributed by atoms with Crippen molar-refractivity contribution in [3.8, 4) is 0 Å². The van der Waals surface area contributed by atoms with Crippen LogP contribution in [0.15, 0.2) is 35.2 Å². The molecule has 0 saturated heterocycles. The fourth-order valence-corrected chi connectivity index (χ4v) is 1.52. The van der Waals surface area contributed by atoms with Crippen LogP contribution in [0.2, 0.25) is 0 Å². The highest BCUT2D eigenvalue weighted by Gasteiger charge is 2.00. The van der Waals surface area contributed by atoms with Crippen LogP contribution in [-0.2, 0) is 13.0 Å². The zero-order chi connectivity index (χ0) is 12.8. The maximum absolute atomic E-state index is 10.9. The number of hydrogen-bond donors (Lipinski definition) is 2. The summed E-state index contributed by atoms with van der Waals surface area (Å²) in [6.45, 7) is 1.48. The van der Waals surface area contributed by atoms with Gasteiger partial charge in [0.05, 0.1) is 0 Å². The molecule has 0 fully saturated rings. The summed E-state index contributed by atoms with van der Waals surface area (Å²) < 4.78 is 4.63. The number of nitrogens with zero attached hydrogens (tertiary/aromatic N) is 2. The summed E-state index contributed by atoms with van der Waals surface area (Å²) in [5.74, 6) is 0.276. The van der Waals surface area contributed by atoms with Crippen LogP contribution in [-0.4, -0.2) is 22.6 Å². The van der Waals surface area contributed by atoms with Crippen molar-refractivity contribution in [1.29, 1.82) is 0 Å². The summed E-state index contributed by atoms with van der Waals surface area (Å²) >= 11 is 0. The first kappa shape index (κ1) is 12.3. The first-order valence-corrected chi connectivity index (χ1v) is 5.60. The standard InChI is InChI=1S/C12H14N4O2/c13-12(17)10-3-1-9(2-4-10)7-14-6-5-11-15-8-18-16-11/h1-4,8,14H,5-7H2,(H2,13,17). The van der Waals surface area contributed by atoms with Crippen LogP contribution in [0.5, 0.6) is 0 Å². The first-order chi connectivity index (χ1) is 8.75. The van der Waals surface area contributed by atoms with Crippen molar-refractivity contribution >= 4 is 5.91 Å². The van der Waals surface area contributed by atoms with Crippen molar-refractivity contribution in [3.05, 3.63) is 47.6 Å². The van der Waals surface area contributed by atoms with Gasteiger partial charge < -0.3 is 15.6 Å². The summed E-state index contributed by atoms with van der Waals surface area (Å²) in [6, 6.07) is 7.19. The molecule has 6 heteroatoms. The number of aromatic nitrogens is 2. The molecule has 1 heterocycles. The minimum Gasteiger partial charge on any atom is -0.366 e. The minimum absolute atomic E-state index is 0.411. The molecule has 0 radical (unpaired) electrons. The van der Waals surface area contributed by atoms with Crippen molar-refractivity contribution in [3.63, 3.8) is 0 Å². The molecular weight excluding hydrogens is 232 g/mol. The van der Waals surface area contributed by atoms with E-state index >= 15 is 0 Å². The largest absolute Gasteiger partial charge is 0.366 e. The molecule has 1 aromatic carbocycles. The van der Waals surface area contributed by atoms with Crippen LogP contribution in [0.3, 0.4) is 0 Å². The Bertz CT molecular complexity index is 493. The van der Waals surface area contributed by atoms with Gasteiger partial charge in [0.1, 0.15) is 0 Å². The van der Waals surface area contributed by atoms with Crippen molar-refractivity contribution in [2.24, 2.45) is 5.73 Å².